The molecule has 28 heavy (non-hydrogen) atoms. The molecule has 0 bridgehead atoms. The molecule has 0 unspecified atom stereocenters. The second-order valence-electron chi connectivity index (χ2n) is 6.24. The smallest absolute Gasteiger partial charge is 0.340 e. The number of carbonyl (C=O) groups excluding carboxylic acids is 1. The number of benzene rings is 1. The summed E-state index contributed by atoms with van der Waals surface area (Å²) < 4.78 is 19.2. The summed E-state index contributed by atoms with van der Waals surface area (Å²) in [5.74, 6) is -0.888. The molecule has 0 aliphatic carbocycles. The highest BCUT2D eigenvalue weighted by Crippen LogP contribution is 2.34. The first-order valence-corrected chi connectivity index (χ1v) is 9.32. The molecule has 0 atom stereocenters. The van der Waals surface area contributed by atoms with Gasteiger partial charge in [-0.15, -0.1) is 0 Å². The van der Waals surface area contributed by atoms with Crippen LogP contribution in [-0.4, -0.2) is 27.5 Å². The number of esters is 1. The molecule has 0 fully saturated rings. The molecular weight excluding hydrogens is 383 g/mol. The zero-order valence-corrected chi connectivity index (χ0v) is 16.1. The minimum Gasteiger partial charge on any atom is -0.462 e. The summed E-state index contributed by atoms with van der Waals surface area (Å²) in [4.78, 5) is 23.8. The normalized spacial score (nSPS) is 10.8. The van der Waals surface area contributed by atoms with Gasteiger partial charge in [0.1, 0.15) is 5.82 Å². The number of halogens is 2. The molecule has 3 aromatic rings. The molecule has 0 amide bonds. The van der Waals surface area contributed by atoms with Crippen molar-refractivity contribution in [2.24, 2.45) is 0 Å². The highest BCUT2D eigenvalue weighted by Gasteiger charge is 2.21. The predicted octanol–water partition coefficient (Wildman–Crippen LogP) is 4.86. The molecule has 0 saturated carbocycles. The quantitative estimate of drug-likeness (QED) is 0.434. The summed E-state index contributed by atoms with van der Waals surface area (Å²) >= 11 is 6.25. The molecule has 146 valence electrons. The van der Waals surface area contributed by atoms with Crippen LogP contribution in [0.5, 0.6) is 0 Å². The number of rotatable bonds is 7. The molecular formula is C20H20ClFN4O2. The molecule has 0 aliphatic heterocycles. The third kappa shape index (κ3) is 4.48. The van der Waals surface area contributed by atoms with Crippen molar-refractivity contribution in [3.8, 4) is 22.6 Å². The van der Waals surface area contributed by atoms with Gasteiger partial charge in [0, 0.05) is 11.8 Å². The molecule has 0 aliphatic rings. The van der Waals surface area contributed by atoms with Gasteiger partial charge in [0.05, 0.1) is 34.3 Å². The third-order valence-corrected chi connectivity index (χ3v) is 4.50. The number of H-pyrrole nitrogens is 1. The average molecular weight is 403 g/mol. The predicted molar refractivity (Wildman–Crippen MR) is 106 cm³/mol. The number of nitrogen functional groups attached to an aromatic ring is 1. The lowest BCUT2D eigenvalue weighted by atomic mass is 10.1. The number of nitrogens with zero attached hydrogens (tertiary/aromatic N) is 2. The van der Waals surface area contributed by atoms with E-state index in [1.165, 1.54) is 24.4 Å². The molecule has 6 nitrogen and oxygen atoms in total. The Morgan fingerprint density at radius 1 is 1.29 bits per heavy atom. The number of ether oxygens (including phenoxy) is 1. The number of carbonyl (C=O) groups is 1. The van der Waals surface area contributed by atoms with Crippen molar-refractivity contribution in [3.63, 3.8) is 0 Å². The van der Waals surface area contributed by atoms with E-state index < -0.39 is 11.8 Å². The number of nitrogens with one attached hydrogen (secondary N) is 1. The van der Waals surface area contributed by atoms with E-state index in [2.05, 4.69) is 21.9 Å². The Labute approximate surface area is 166 Å². The minimum absolute atomic E-state index is 0.0983. The number of aromatic nitrogens is 3. The summed E-state index contributed by atoms with van der Waals surface area (Å²) in [5.41, 5.74) is 7.62. The van der Waals surface area contributed by atoms with E-state index in [1.807, 2.05) is 0 Å². The largest absolute Gasteiger partial charge is 0.462 e. The maximum atomic E-state index is 13.8. The van der Waals surface area contributed by atoms with Crippen molar-refractivity contribution in [1.29, 1.82) is 0 Å². The molecule has 0 spiro atoms. The lowest BCUT2D eigenvalue weighted by Crippen LogP contribution is -2.07. The van der Waals surface area contributed by atoms with Crippen LogP contribution < -0.4 is 5.73 Å². The summed E-state index contributed by atoms with van der Waals surface area (Å²) in [6.45, 7) is 2.38. The van der Waals surface area contributed by atoms with E-state index in [1.54, 1.807) is 12.1 Å². The lowest BCUT2D eigenvalue weighted by Gasteiger charge is -2.07. The van der Waals surface area contributed by atoms with Crippen LogP contribution in [0.2, 0.25) is 5.02 Å². The van der Waals surface area contributed by atoms with Gasteiger partial charge in [0.15, 0.2) is 0 Å². The highest BCUT2D eigenvalue weighted by molar-refractivity contribution is 6.33. The van der Waals surface area contributed by atoms with Crippen molar-refractivity contribution >= 4 is 23.5 Å². The van der Waals surface area contributed by atoms with Gasteiger partial charge in [-0.2, -0.15) is 0 Å². The van der Waals surface area contributed by atoms with E-state index in [-0.39, 0.29) is 11.5 Å². The molecule has 0 saturated heterocycles. The van der Waals surface area contributed by atoms with E-state index in [0.717, 1.165) is 19.3 Å². The lowest BCUT2D eigenvalue weighted by molar-refractivity contribution is 0.0499. The van der Waals surface area contributed by atoms with Gasteiger partial charge in [0.25, 0.3) is 0 Å². The first kappa shape index (κ1) is 19.8. The van der Waals surface area contributed by atoms with Crippen molar-refractivity contribution in [1.82, 2.24) is 15.0 Å². The maximum Gasteiger partial charge on any atom is 0.340 e. The Hall–Kier alpha value is -2.93. The standard InChI is InChI=1S/C20H20ClFN4O2/c1-2-3-4-9-28-19(27)14-11-17(16-7-8-24-20(23)26-16)25-18(14)13-10-12(22)5-6-15(13)21/h5-8,10-11,25H,2-4,9H2,1H3,(H2,23,24,26). The Morgan fingerprint density at radius 3 is 2.86 bits per heavy atom. The third-order valence-electron chi connectivity index (χ3n) is 4.17. The topological polar surface area (TPSA) is 93.9 Å². The van der Waals surface area contributed by atoms with Crippen LogP contribution >= 0.6 is 11.6 Å². The second kappa shape index (κ2) is 8.84. The fourth-order valence-electron chi connectivity index (χ4n) is 2.77. The summed E-state index contributed by atoms with van der Waals surface area (Å²) in [5, 5.41) is 0.303. The summed E-state index contributed by atoms with van der Waals surface area (Å²) in [6.07, 6.45) is 4.27. The van der Waals surface area contributed by atoms with E-state index in [9.17, 15) is 9.18 Å². The van der Waals surface area contributed by atoms with Crippen LogP contribution in [0.25, 0.3) is 22.6 Å². The van der Waals surface area contributed by atoms with E-state index in [4.69, 9.17) is 22.1 Å². The molecule has 1 aromatic carbocycles. The molecule has 2 aromatic heterocycles. The molecule has 3 N–H and O–H groups in total. The molecule has 3 rings (SSSR count). The maximum absolute atomic E-state index is 13.8. The monoisotopic (exact) mass is 402 g/mol. The van der Waals surface area contributed by atoms with Crippen molar-refractivity contribution in [2.45, 2.75) is 26.2 Å². The van der Waals surface area contributed by atoms with Crippen molar-refractivity contribution < 1.29 is 13.9 Å². The van der Waals surface area contributed by atoms with E-state index >= 15 is 0 Å². The number of aromatic amines is 1. The van der Waals surface area contributed by atoms with Gasteiger partial charge in [0.2, 0.25) is 5.95 Å². The van der Waals surface area contributed by atoms with Gasteiger partial charge in [-0.3, -0.25) is 0 Å². The highest BCUT2D eigenvalue weighted by atomic mass is 35.5. The van der Waals surface area contributed by atoms with Gasteiger partial charge in [-0.05, 0) is 36.8 Å². The number of hydrogen-bond donors (Lipinski definition) is 2. The van der Waals surface area contributed by atoms with Gasteiger partial charge >= 0.3 is 5.97 Å². The van der Waals surface area contributed by atoms with Crippen LogP contribution in [0.3, 0.4) is 0 Å². The molecule has 2 heterocycles. The summed E-state index contributed by atoms with van der Waals surface area (Å²) in [7, 11) is 0. The van der Waals surface area contributed by atoms with Gasteiger partial charge < -0.3 is 15.5 Å². The first-order chi connectivity index (χ1) is 13.5. The second-order valence-corrected chi connectivity index (χ2v) is 6.65. The van der Waals surface area contributed by atoms with Gasteiger partial charge in [-0.1, -0.05) is 31.4 Å². The number of anilines is 1. The number of hydrogen-bond acceptors (Lipinski definition) is 5. The Balaban J connectivity index is 2.03. The van der Waals surface area contributed by atoms with E-state index in [0.29, 0.717) is 34.3 Å². The Morgan fingerprint density at radius 2 is 2.11 bits per heavy atom. The molecule has 0 radical (unpaired) electrons. The van der Waals surface area contributed by atoms with Crippen molar-refractivity contribution in [3.05, 3.63) is 52.9 Å². The van der Waals surface area contributed by atoms with Crippen LogP contribution in [0.1, 0.15) is 36.5 Å². The zero-order valence-electron chi connectivity index (χ0n) is 15.3. The molecule has 8 heteroatoms. The number of nitrogens with two attached hydrogens (primary N) is 1. The first-order valence-electron chi connectivity index (χ1n) is 8.94. The zero-order chi connectivity index (χ0) is 20.1. The van der Waals surface area contributed by atoms with Gasteiger partial charge in [-0.25, -0.2) is 19.2 Å². The Kier molecular flexibility index (Phi) is 6.26. The van der Waals surface area contributed by atoms with Crippen LogP contribution in [-0.2, 0) is 4.74 Å². The van der Waals surface area contributed by atoms with Crippen molar-refractivity contribution in [2.75, 3.05) is 12.3 Å². The van der Waals surface area contributed by atoms with Crippen LogP contribution in [0.15, 0.2) is 36.5 Å². The SMILES string of the molecule is CCCCCOC(=O)c1cc(-c2ccnc(N)n2)[nH]c1-c1cc(F)ccc1Cl. The van der Waals surface area contributed by atoms with Crippen LogP contribution in [0, 0.1) is 5.82 Å². The fourth-order valence-corrected chi connectivity index (χ4v) is 2.99. The average Bonchev–Trinajstić information content (AvgIpc) is 3.12. The minimum atomic E-state index is -0.518. The van der Waals surface area contributed by atoms with Crippen LogP contribution in [0.4, 0.5) is 10.3 Å². The fraction of sp³-hybridized carbons (Fsp3) is 0.250. The Bertz CT molecular complexity index is 990. The number of unbranched alkanes of at least 4 members (excludes halogenated alkanes) is 2. The summed E-state index contributed by atoms with van der Waals surface area (Å²) in [6, 6.07) is 7.20.